The molecule has 1 aromatic rings. The molecular formula is C16H26N4OS. The van der Waals surface area contributed by atoms with E-state index in [1.54, 1.807) is 11.3 Å². The minimum Gasteiger partial charge on any atom is -0.340 e. The van der Waals surface area contributed by atoms with Crippen molar-refractivity contribution in [3.8, 4) is 0 Å². The van der Waals surface area contributed by atoms with Gasteiger partial charge in [-0.2, -0.15) is 0 Å². The summed E-state index contributed by atoms with van der Waals surface area (Å²) in [6.07, 6.45) is 3.07. The van der Waals surface area contributed by atoms with Crippen molar-refractivity contribution >= 4 is 17.2 Å². The minimum absolute atomic E-state index is 0.230. The van der Waals surface area contributed by atoms with E-state index in [2.05, 4.69) is 27.1 Å². The predicted molar refractivity (Wildman–Crippen MR) is 89.0 cm³/mol. The third-order valence-corrected chi connectivity index (χ3v) is 5.54. The molecule has 1 aromatic heterocycles. The van der Waals surface area contributed by atoms with Gasteiger partial charge < -0.3 is 9.80 Å². The first kappa shape index (κ1) is 15.9. The Balaban J connectivity index is 1.48. The molecule has 2 saturated heterocycles. The van der Waals surface area contributed by atoms with Crippen LogP contribution < -0.4 is 0 Å². The van der Waals surface area contributed by atoms with Crippen molar-refractivity contribution in [3.05, 3.63) is 16.1 Å². The number of carbonyl (C=O) groups is 1. The smallest absolute Gasteiger partial charge is 0.228 e. The molecule has 2 aliphatic heterocycles. The highest BCUT2D eigenvalue weighted by Crippen LogP contribution is 2.17. The predicted octanol–water partition coefficient (Wildman–Crippen LogP) is 1.45. The Morgan fingerprint density at radius 2 is 1.86 bits per heavy atom. The van der Waals surface area contributed by atoms with E-state index in [1.807, 2.05) is 4.90 Å². The van der Waals surface area contributed by atoms with E-state index in [0.717, 1.165) is 50.0 Å². The van der Waals surface area contributed by atoms with Crippen molar-refractivity contribution in [3.63, 3.8) is 0 Å². The number of hydrogen-bond acceptors (Lipinski definition) is 5. The van der Waals surface area contributed by atoms with Gasteiger partial charge in [-0.15, -0.1) is 11.3 Å². The first-order chi connectivity index (χ1) is 10.7. The molecule has 0 radical (unpaired) electrons. The van der Waals surface area contributed by atoms with Gasteiger partial charge in [0.05, 0.1) is 18.7 Å². The molecule has 0 N–H and O–H groups in total. The normalized spacial score (nSPS) is 20.7. The molecule has 1 amide bonds. The summed E-state index contributed by atoms with van der Waals surface area (Å²) < 4.78 is 0. The summed E-state index contributed by atoms with van der Waals surface area (Å²) in [7, 11) is 0. The quantitative estimate of drug-likeness (QED) is 0.822. The minimum atomic E-state index is 0.230. The van der Waals surface area contributed by atoms with Crippen molar-refractivity contribution in [1.82, 2.24) is 19.7 Å². The lowest BCUT2D eigenvalue weighted by atomic mass is 10.2. The van der Waals surface area contributed by atoms with Crippen LogP contribution in [0.25, 0.3) is 0 Å². The second kappa shape index (κ2) is 7.53. The van der Waals surface area contributed by atoms with Gasteiger partial charge in [0.15, 0.2) is 0 Å². The number of amides is 1. The van der Waals surface area contributed by atoms with Crippen molar-refractivity contribution < 1.29 is 4.79 Å². The van der Waals surface area contributed by atoms with Crippen LogP contribution in [-0.2, 0) is 17.8 Å². The summed E-state index contributed by atoms with van der Waals surface area (Å²) in [6.45, 7) is 10.3. The zero-order valence-electron chi connectivity index (χ0n) is 13.5. The molecular weight excluding hydrogens is 296 g/mol. The van der Waals surface area contributed by atoms with Gasteiger partial charge in [0.1, 0.15) is 5.01 Å². The van der Waals surface area contributed by atoms with E-state index in [-0.39, 0.29) is 5.91 Å². The van der Waals surface area contributed by atoms with Gasteiger partial charge >= 0.3 is 0 Å². The summed E-state index contributed by atoms with van der Waals surface area (Å²) in [5.41, 5.74) is 0.946. The topological polar surface area (TPSA) is 39.7 Å². The zero-order valence-corrected chi connectivity index (χ0v) is 14.3. The molecule has 0 atom stereocenters. The number of likely N-dealkylation sites (N-methyl/N-ethyl adjacent to an activating group) is 1. The van der Waals surface area contributed by atoms with E-state index in [9.17, 15) is 4.79 Å². The fraction of sp³-hybridized carbons (Fsp3) is 0.750. The molecule has 5 nitrogen and oxygen atoms in total. The number of rotatable bonds is 5. The summed E-state index contributed by atoms with van der Waals surface area (Å²) >= 11 is 1.70. The molecule has 122 valence electrons. The SMILES string of the molecule is CCN1CCN(C(=O)Cc2csc(CN3CCCC3)n2)CC1. The Bertz CT molecular complexity index is 490. The maximum atomic E-state index is 12.4. The number of likely N-dealkylation sites (tertiary alicyclic amines) is 1. The number of carbonyl (C=O) groups excluding carboxylic acids is 1. The van der Waals surface area contributed by atoms with Gasteiger partial charge in [0, 0.05) is 31.6 Å². The van der Waals surface area contributed by atoms with Gasteiger partial charge in [-0.1, -0.05) is 6.92 Å². The summed E-state index contributed by atoms with van der Waals surface area (Å²) in [5.74, 6) is 0.230. The van der Waals surface area contributed by atoms with Crippen LogP contribution in [0.5, 0.6) is 0 Å². The van der Waals surface area contributed by atoms with Gasteiger partial charge in [-0.05, 0) is 32.5 Å². The Morgan fingerprint density at radius 3 is 2.55 bits per heavy atom. The van der Waals surface area contributed by atoms with Crippen molar-refractivity contribution in [1.29, 1.82) is 0 Å². The molecule has 0 saturated carbocycles. The first-order valence-electron chi connectivity index (χ1n) is 8.40. The summed E-state index contributed by atoms with van der Waals surface area (Å²) in [5, 5.41) is 3.21. The van der Waals surface area contributed by atoms with Crippen molar-refractivity contribution in [2.75, 3.05) is 45.8 Å². The summed E-state index contributed by atoms with van der Waals surface area (Å²) in [6, 6.07) is 0. The molecule has 0 aliphatic carbocycles. The van der Waals surface area contributed by atoms with Gasteiger partial charge in [0.25, 0.3) is 0 Å². The molecule has 6 heteroatoms. The average molecular weight is 322 g/mol. The molecule has 3 rings (SSSR count). The number of piperazine rings is 1. The molecule has 2 aliphatic rings. The average Bonchev–Trinajstić information content (AvgIpc) is 3.20. The van der Waals surface area contributed by atoms with Crippen LogP contribution in [0.1, 0.15) is 30.5 Å². The van der Waals surface area contributed by atoms with Crippen LogP contribution in [0.15, 0.2) is 5.38 Å². The zero-order chi connectivity index (χ0) is 15.4. The lowest BCUT2D eigenvalue weighted by Gasteiger charge is -2.34. The van der Waals surface area contributed by atoms with Gasteiger partial charge in [0.2, 0.25) is 5.91 Å². The Labute approximate surface area is 136 Å². The lowest BCUT2D eigenvalue weighted by Crippen LogP contribution is -2.48. The van der Waals surface area contributed by atoms with Crippen LogP contribution in [0.3, 0.4) is 0 Å². The Morgan fingerprint density at radius 1 is 1.14 bits per heavy atom. The molecule has 0 bridgehead atoms. The molecule has 0 aromatic carbocycles. The monoisotopic (exact) mass is 322 g/mol. The third kappa shape index (κ3) is 4.06. The number of nitrogens with zero attached hydrogens (tertiary/aromatic N) is 4. The fourth-order valence-electron chi connectivity index (χ4n) is 3.22. The van der Waals surface area contributed by atoms with E-state index in [4.69, 9.17) is 0 Å². The fourth-order valence-corrected chi connectivity index (χ4v) is 4.05. The van der Waals surface area contributed by atoms with Crippen LogP contribution in [0.4, 0.5) is 0 Å². The summed E-state index contributed by atoms with van der Waals surface area (Å²) in [4.78, 5) is 23.9. The highest BCUT2D eigenvalue weighted by atomic mass is 32.1. The van der Waals surface area contributed by atoms with Crippen LogP contribution in [0.2, 0.25) is 0 Å². The first-order valence-corrected chi connectivity index (χ1v) is 9.28. The van der Waals surface area contributed by atoms with Crippen molar-refractivity contribution in [2.24, 2.45) is 0 Å². The highest BCUT2D eigenvalue weighted by Gasteiger charge is 2.21. The van der Waals surface area contributed by atoms with Crippen LogP contribution in [-0.4, -0.2) is 71.4 Å². The van der Waals surface area contributed by atoms with Gasteiger partial charge in [-0.25, -0.2) is 4.98 Å². The molecule has 22 heavy (non-hydrogen) atoms. The van der Waals surface area contributed by atoms with Crippen LogP contribution >= 0.6 is 11.3 Å². The maximum absolute atomic E-state index is 12.4. The molecule has 0 unspecified atom stereocenters. The lowest BCUT2D eigenvalue weighted by molar-refractivity contribution is -0.132. The Kier molecular flexibility index (Phi) is 5.44. The second-order valence-electron chi connectivity index (χ2n) is 6.21. The van der Waals surface area contributed by atoms with Gasteiger partial charge in [-0.3, -0.25) is 9.69 Å². The maximum Gasteiger partial charge on any atom is 0.228 e. The van der Waals surface area contributed by atoms with Crippen LogP contribution in [0, 0.1) is 0 Å². The number of hydrogen-bond donors (Lipinski definition) is 0. The molecule has 0 spiro atoms. The Hall–Kier alpha value is -0.980. The van der Waals surface area contributed by atoms with Crippen molar-refractivity contribution in [2.45, 2.75) is 32.7 Å². The molecule has 2 fully saturated rings. The standard InChI is InChI=1S/C16H26N4OS/c1-2-18-7-9-20(10-8-18)16(21)11-14-13-22-15(17-14)12-19-5-3-4-6-19/h13H,2-12H2,1H3. The highest BCUT2D eigenvalue weighted by molar-refractivity contribution is 7.09. The van der Waals surface area contributed by atoms with E-state index in [1.165, 1.54) is 25.9 Å². The van der Waals surface area contributed by atoms with E-state index in [0.29, 0.717) is 6.42 Å². The third-order valence-electron chi connectivity index (χ3n) is 4.66. The number of thiazole rings is 1. The largest absolute Gasteiger partial charge is 0.340 e. The molecule has 3 heterocycles. The van der Waals surface area contributed by atoms with E-state index >= 15 is 0 Å². The van der Waals surface area contributed by atoms with E-state index < -0.39 is 0 Å². The second-order valence-corrected chi connectivity index (χ2v) is 7.15. The number of aromatic nitrogens is 1.